The Balaban J connectivity index is 2.59. The molecular formula is C9H8B3ClFN2O8PS. The number of halogens is 2. The Bertz CT molecular complexity index is 896. The molecule has 4 atom stereocenters. The number of H-pyrrole nitrogens is 1. The third-order valence-corrected chi connectivity index (χ3v) is 4.60. The highest BCUT2D eigenvalue weighted by Crippen LogP contribution is 2.51. The van der Waals surface area contributed by atoms with Gasteiger partial charge in [0.2, 0.25) is 0 Å². The summed E-state index contributed by atoms with van der Waals surface area (Å²) in [5.74, 6) is -3.83. The summed E-state index contributed by atoms with van der Waals surface area (Å²) < 4.78 is 34.8. The van der Waals surface area contributed by atoms with Crippen LogP contribution in [0.1, 0.15) is 0 Å². The number of hydrogen-bond acceptors (Lipinski definition) is 7. The predicted molar refractivity (Wildman–Crippen MR) is 88.9 cm³/mol. The molecule has 0 bridgehead atoms. The van der Waals surface area contributed by atoms with E-state index in [2.05, 4.69) is 4.52 Å². The molecule has 17 heteroatoms. The molecule has 0 amide bonds. The van der Waals surface area contributed by atoms with Gasteiger partial charge in [0.1, 0.15) is 46.4 Å². The lowest BCUT2D eigenvalue weighted by Crippen LogP contribution is -2.60. The maximum absolute atomic E-state index is 15.2. The molecule has 0 saturated carbocycles. The maximum Gasteiger partial charge on any atom is 0.468 e. The smallest absolute Gasteiger partial charge is 0.386 e. The Morgan fingerprint density at radius 1 is 1.46 bits per heavy atom. The number of nitrogens with one attached hydrogen (secondary N) is 1. The van der Waals surface area contributed by atoms with Gasteiger partial charge in [0, 0.05) is 6.20 Å². The number of hydrogen-bond donors (Lipinski definition) is 5. The molecule has 1 saturated heterocycles. The molecule has 0 aromatic carbocycles. The SMILES string of the molecule is [B]C([B])(OP(=O)(O)O)[C@@]1(F)O[C@@]([B])(n2cc(Cl)c(=O)[nH]c2=S)[C@H](O)[C@@H]1O. The average molecular weight is 422 g/mol. The molecule has 10 nitrogen and oxygen atoms in total. The Kier molecular flexibility index (Phi) is 5.48. The first-order valence-electron chi connectivity index (χ1n) is 6.45. The number of aliphatic hydroxyl groups excluding tert-OH is 2. The fourth-order valence-electron chi connectivity index (χ4n) is 2.26. The summed E-state index contributed by atoms with van der Waals surface area (Å²) in [4.78, 5) is 31.0. The minimum Gasteiger partial charge on any atom is -0.386 e. The molecule has 2 rings (SSSR count). The van der Waals surface area contributed by atoms with Crippen molar-refractivity contribution in [2.45, 2.75) is 29.1 Å². The van der Waals surface area contributed by atoms with E-state index in [-0.39, 0.29) is 0 Å². The second kappa shape index (κ2) is 6.54. The highest BCUT2D eigenvalue weighted by atomic mass is 35.5. The largest absolute Gasteiger partial charge is 0.468 e. The topological polar surface area (TPSA) is 154 Å². The number of aromatic nitrogens is 2. The van der Waals surface area contributed by atoms with Gasteiger partial charge in [0.25, 0.3) is 11.4 Å². The molecule has 1 aliphatic rings. The molecule has 2 heterocycles. The van der Waals surface area contributed by atoms with E-state index in [1.807, 2.05) is 4.98 Å². The van der Waals surface area contributed by atoms with Crippen molar-refractivity contribution in [3.63, 3.8) is 0 Å². The maximum atomic E-state index is 15.2. The second-order valence-electron chi connectivity index (χ2n) is 5.37. The van der Waals surface area contributed by atoms with Crippen molar-refractivity contribution in [2.75, 3.05) is 0 Å². The van der Waals surface area contributed by atoms with Gasteiger partial charge >= 0.3 is 7.82 Å². The Morgan fingerprint density at radius 2 is 2.00 bits per heavy atom. The van der Waals surface area contributed by atoms with E-state index in [1.54, 1.807) is 0 Å². The first-order valence-corrected chi connectivity index (χ1v) is 8.77. The summed E-state index contributed by atoms with van der Waals surface area (Å²) in [6, 6.07) is 0. The van der Waals surface area contributed by atoms with Gasteiger partial charge in [-0.05, 0) is 12.2 Å². The summed E-state index contributed by atoms with van der Waals surface area (Å²) in [5.41, 5.74) is -3.59. The average Bonchev–Trinajstić information content (AvgIpc) is 2.63. The monoisotopic (exact) mass is 422 g/mol. The standard InChI is InChI=1S/C9H8B3ClFN2O8PS/c10-8(16-1-2(13)5(19)15-6(16)26)4(18)3(17)7(14,23-8)9(11,12)24-25(20,21)22/h1,3-4,17-18H,(H,15,19,26)(H2,20,21,22)/t3-,4+,7-,8-/m0/s1. The number of rotatable bonds is 4. The van der Waals surface area contributed by atoms with Crippen molar-refractivity contribution in [1.82, 2.24) is 9.55 Å². The molecule has 0 unspecified atom stereocenters. The fraction of sp³-hybridized carbons (Fsp3) is 0.556. The van der Waals surface area contributed by atoms with Crippen LogP contribution < -0.4 is 5.56 Å². The van der Waals surface area contributed by atoms with Crippen molar-refractivity contribution in [2.24, 2.45) is 0 Å². The quantitative estimate of drug-likeness (QED) is 0.208. The lowest BCUT2D eigenvalue weighted by Gasteiger charge is -2.40. The molecule has 136 valence electrons. The van der Waals surface area contributed by atoms with Gasteiger partial charge in [-0.25, -0.2) is 8.96 Å². The van der Waals surface area contributed by atoms with Crippen molar-refractivity contribution in [3.05, 3.63) is 26.3 Å². The van der Waals surface area contributed by atoms with Gasteiger partial charge in [-0.1, -0.05) is 11.6 Å². The number of phosphoric acid groups is 1. The van der Waals surface area contributed by atoms with Gasteiger partial charge in [0.05, 0.1) is 5.40 Å². The molecule has 1 fully saturated rings. The van der Waals surface area contributed by atoms with E-state index in [0.717, 1.165) is 6.20 Å². The highest BCUT2D eigenvalue weighted by Gasteiger charge is 2.68. The summed E-state index contributed by atoms with van der Waals surface area (Å²) in [5, 5.41) is 16.2. The predicted octanol–water partition coefficient (Wildman–Crippen LogP) is -2.14. The van der Waals surface area contributed by atoms with Crippen molar-refractivity contribution >= 4 is 55.2 Å². The minimum atomic E-state index is -5.47. The van der Waals surface area contributed by atoms with E-state index < -0.39 is 52.3 Å². The Morgan fingerprint density at radius 3 is 2.50 bits per heavy atom. The second-order valence-corrected chi connectivity index (χ2v) is 7.33. The van der Waals surface area contributed by atoms with Gasteiger partial charge in [-0.2, -0.15) is 0 Å². The van der Waals surface area contributed by atoms with Gasteiger partial charge in [-0.15, -0.1) is 0 Å². The zero-order valence-corrected chi connectivity index (χ0v) is 14.9. The number of ether oxygens (including phenoxy) is 1. The molecule has 1 aromatic heterocycles. The number of nitrogens with zero attached hydrogens (tertiary/aromatic N) is 1. The van der Waals surface area contributed by atoms with Gasteiger partial charge in [0.15, 0.2) is 4.77 Å². The number of aromatic amines is 1. The number of aliphatic hydroxyl groups is 2. The first kappa shape index (κ1) is 21.8. The van der Waals surface area contributed by atoms with Crippen LogP contribution in [0.25, 0.3) is 0 Å². The molecule has 5 N–H and O–H groups in total. The van der Waals surface area contributed by atoms with Crippen LogP contribution in [0.2, 0.25) is 5.02 Å². The normalized spacial score (nSPS) is 32.7. The lowest BCUT2D eigenvalue weighted by molar-refractivity contribution is -0.239. The number of alkyl halides is 1. The van der Waals surface area contributed by atoms with E-state index in [1.165, 1.54) is 0 Å². The van der Waals surface area contributed by atoms with Crippen molar-refractivity contribution in [3.8, 4) is 0 Å². The third kappa shape index (κ3) is 3.48. The van der Waals surface area contributed by atoms with Crippen molar-refractivity contribution in [1.29, 1.82) is 0 Å². The Labute approximate surface area is 158 Å². The Hall–Kier alpha value is -0.495. The lowest BCUT2D eigenvalue weighted by atomic mass is 9.59. The molecule has 0 aliphatic carbocycles. The molecule has 0 spiro atoms. The molecule has 1 aliphatic heterocycles. The third-order valence-electron chi connectivity index (χ3n) is 3.49. The van der Waals surface area contributed by atoms with Crippen LogP contribution in [0.5, 0.6) is 0 Å². The van der Waals surface area contributed by atoms with Crippen LogP contribution in [0.4, 0.5) is 4.39 Å². The van der Waals surface area contributed by atoms with Crippen LogP contribution in [-0.2, 0) is 19.4 Å². The van der Waals surface area contributed by atoms with E-state index in [9.17, 15) is 19.6 Å². The fourth-order valence-corrected chi connectivity index (χ4v) is 3.21. The van der Waals surface area contributed by atoms with Crippen LogP contribution in [0.15, 0.2) is 11.0 Å². The van der Waals surface area contributed by atoms with E-state index in [4.69, 9.17) is 61.9 Å². The van der Waals surface area contributed by atoms with Gasteiger partial charge < -0.3 is 29.3 Å². The van der Waals surface area contributed by atoms with Crippen LogP contribution in [-0.4, -0.2) is 76.6 Å². The first-order chi connectivity index (χ1) is 11.5. The van der Waals surface area contributed by atoms with Gasteiger partial charge in [-0.3, -0.25) is 14.3 Å². The van der Waals surface area contributed by atoms with E-state index in [0.29, 0.717) is 4.57 Å². The molecular weight excluding hydrogens is 414 g/mol. The zero-order valence-electron chi connectivity index (χ0n) is 12.4. The molecule has 26 heavy (non-hydrogen) atoms. The summed E-state index contributed by atoms with van der Waals surface area (Å²) in [7, 11) is 10.7. The molecule has 6 radical (unpaired) electrons. The summed E-state index contributed by atoms with van der Waals surface area (Å²) >= 11 is 10.4. The van der Waals surface area contributed by atoms with E-state index >= 15 is 4.39 Å². The molecule has 1 aromatic rings. The summed E-state index contributed by atoms with van der Waals surface area (Å²) in [6.45, 7) is 0. The van der Waals surface area contributed by atoms with Crippen LogP contribution in [0, 0.1) is 4.77 Å². The number of phosphoric ester groups is 1. The zero-order chi connectivity index (χ0) is 20.3. The van der Waals surface area contributed by atoms with Crippen molar-refractivity contribution < 1.29 is 38.2 Å². The summed E-state index contributed by atoms with van der Waals surface area (Å²) in [6.07, 6.45) is -4.25. The highest BCUT2D eigenvalue weighted by molar-refractivity contribution is 7.71. The van der Waals surface area contributed by atoms with Crippen LogP contribution in [0.3, 0.4) is 0 Å². The minimum absolute atomic E-state index is 0.497. The van der Waals surface area contributed by atoms with Crippen LogP contribution >= 0.6 is 31.6 Å².